The number of nitrogens with zero attached hydrogens (tertiary/aromatic N) is 1. The fourth-order valence-corrected chi connectivity index (χ4v) is 1.99. The third-order valence-corrected chi connectivity index (χ3v) is 3.79. The summed E-state index contributed by atoms with van der Waals surface area (Å²) in [7, 11) is 0. The van der Waals surface area contributed by atoms with Gasteiger partial charge in [-0.3, -0.25) is 5.10 Å². The Morgan fingerprint density at radius 1 is 1.37 bits per heavy atom. The van der Waals surface area contributed by atoms with Gasteiger partial charge in [0, 0.05) is 18.0 Å². The highest BCUT2D eigenvalue weighted by Crippen LogP contribution is 2.23. The summed E-state index contributed by atoms with van der Waals surface area (Å²) in [4.78, 5) is 0. The van der Waals surface area contributed by atoms with E-state index in [2.05, 4.69) is 43.2 Å². The number of H-pyrrole nitrogens is 1. The summed E-state index contributed by atoms with van der Waals surface area (Å²) in [5.41, 5.74) is 2.06. The van der Waals surface area contributed by atoms with Gasteiger partial charge in [-0.2, -0.15) is 5.10 Å². The Morgan fingerprint density at radius 2 is 2.11 bits per heavy atom. The summed E-state index contributed by atoms with van der Waals surface area (Å²) < 4.78 is 0. The molecule has 2 atom stereocenters. The standard InChI is InChI=1S/C15H23N3O/c1-10(15(2,3)4)16-9-14(19)11-6-5-7-13-12(11)8-17-18-13/h5-8,10,14,16,19H,9H2,1-4H3,(H,17,18)/t10-,14-/m0/s1. The molecule has 0 aliphatic heterocycles. The molecule has 0 fully saturated rings. The molecule has 1 aromatic heterocycles. The predicted molar refractivity (Wildman–Crippen MR) is 78.0 cm³/mol. The van der Waals surface area contributed by atoms with Gasteiger partial charge in [-0.15, -0.1) is 0 Å². The number of benzene rings is 1. The van der Waals surface area contributed by atoms with Crippen LogP contribution in [-0.4, -0.2) is 27.9 Å². The molecular weight excluding hydrogens is 238 g/mol. The number of aromatic amines is 1. The third-order valence-electron chi connectivity index (χ3n) is 3.79. The first-order chi connectivity index (χ1) is 8.89. The molecule has 0 bridgehead atoms. The van der Waals surface area contributed by atoms with E-state index in [4.69, 9.17) is 0 Å². The number of hydrogen-bond acceptors (Lipinski definition) is 3. The lowest BCUT2D eigenvalue weighted by atomic mass is 9.88. The molecule has 2 aromatic rings. The van der Waals surface area contributed by atoms with E-state index >= 15 is 0 Å². The predicted octanol–water partition coefficient (Wildman–Crippen LogP) is 2.62. The highest BCUT2D eigenvalue weighted by molar-refractivity contribution is 5.81. The fourth-order valence-electron chi connectivity index (χ4n) is 1.99. The Hall–Kier alpha value is -1.39. The van der Waals surface area contributed by atoms with Gasteiger partial charge in [-0.25, -0.2) is 0 Å². The van der Waals surface area contributed by atoms with Crippen LogP contribution in [0.25, 0.3) is 10.9 Å². The molecule has 104 valence electrons. The molecule has 0 saturated heterocycles. The Bertz CT molecular complexity index is 542. The van der Waals surface area contributed by atoms with Crippen molar-refractivity contribution in [3.05, 3.63) is 30.0 Å². The Balaban J connectivity index is 2.08. The van der Waals surface area contributed by atoms with Gasteiger partial charge in [0.15, 0.2) is 0 Å². The van der Waals surface area contributed by atoms with Crippen LogP contribution in [0.2, 0.25) is 0 Å². The van der Waals surface area contributed by atoms with Crippen molar-refractivity contribution in [2.75, 3.05) is 6.54 Å². The smallest absolute Gasteiger partial charge is 0.0921 e. The number of nitrogens with one attached hydrogen (secondary N) is 2. The molecule has 0 amide bonds. The molecule has 3 N–H and O–H groups in total. The summed E-state index contributed by atoms with van der Waals surface area (Å²) in [6, 6.07) is 6.19. The molecule has 4 heteroatoms. The van der Waals surface area contributed by atoms with Crippen LogP contribution in [0, 0.1) is 5.41 Å². The van der Waals surface area contributed by atoms with Crippen molar-refractivity contribution in [3.63, 3.8) is 0 Å². The van der Waals surface area contributed by atoms with Crippen LogP contribution < -0.4 is 5.32 Å². The summed E-state index contributed by atoms with van der Waals surface area (Å²) >= 11 is 0. The molecule has 19 heavy (non-hydrogen) atoms. The average Bonchev–Trinajstić information content (AvgIpc) is 2.82. The van der Waals surface area contributed by atoms with Crippen molar-refractivity contribution < 1.29 is 5.11 Å². The number of rotatable bonds is 4. The zero-order chi connectivity index (χ0) is 14.0. The quantitative estimate of drug-likeness (QED) is 0.793. The van der Waals surface area contributed by atoms with Crippen LogP contribution in [0.3, 0.4) is 0 Å². The van der Waals surface area contributed by atoms with E-state index in [-0.39, 0.29) is 5.41 Å². The number of aliphatic hydroxyl groups is 1. The van der Waals surface area contributed by atoms with Crippen molar-refractivity contribution in [2.24, 2.45) is 5.41 Å². The number of fused-ring (bicyclic) bond motifs is 1. The molecular formula is C15H23N3O. The second kappa shape index (κ2) is 5.31. The van der Waals surface area contributed by atoms with Crippen LogP contribution in [0.1, 0.15) is 39.4 Å². The summed E-state index contributed by atoms with van der Waals surface area (Å²) in [5.74, 6) is 0. The van der Waals surface area contributed by atoms with Gasteiger partial charge in [-0.05, 0) is 24.0 Å². The van der Waals surface area contributed by atoms with E-state index < -0.39 is 6.10 Å². The first-order valence-corrected chi connectivity index (χ1v) is 6.73. The lowest BCUT2D eigenvalue weighted by Gasteiger charge is -2.29. The molecule has 0 aliphatic carbocycles. The van der Waals surface area contributed by atoms with E-state index in [1.807, 2.05) is 18.2 Å². The normalized spacial score (nSPS) is 15.6. The van der Waals surface area contributed by atoms with Crippen molar-refractivity contribution in [3.8, 4) is 0 Å². The minimum atomic E-state index is -0.522. The lowest BCUT2D eigenvalue weighted by molar-refractivity contribution is 0.159. The van der Waals surface area contributed by atoms with E-state index in [1.54, 1.807) is 6.20 Å². The largest absolute Gasteiger partial charge is 0.387 e. The number of aliphatic hydroxyl groups excluding tert-OH is 1. The summed E-state index contributed by atoms with van der Waals surface area (Å²) in [6.45, 7) is 9.25. The highest BCUT2D eigenvalue weighted by Gasteiger charge is 2.21. The Kier molecular flexibility index (Phi) is 3.92. The van der Waals surface area contributed by atoms with Gasteiger partial charge in [-0.1, -0.05) is 32.9 Å². The molecule has 0 radical (unpaired) electrons. The molecule has 2 rings (SSSR count). The fraction of sp³-hybridized carbons (Fsp3) is 0.533. The third kappa shape index (κ3) is 3.14. The Morgan fingerprint density at radius 3 is 2.79 bits per heavy atom. The van der Waals surface area contributed by atoms with Crippen LogP contribution in [-0.2, 0) is 0 Å². The summed E-state index contributed by atoms with van der Waals surface area (Å²) in [5, 5.41) is 21.7. The molecule has 4 nitrogen and oxygen atoms in total. The molecule has 0 saturated carbocycles. The van der Waals surface area contributed by atoms with Crippen LogP contribution in [0.4, 0.5) is 0 Å². The topological polar surface area (TPSA) is 60.9 Å². The second-order valence-corrected chi connectivity index (χ2v) is 6.19. The first-order valence-electron chi connectivity index (χ1n) is 6.73. The zero-order valence-electron chi connectivity index (χ0n) is 12.1. The molecule has 1 heterocycles. The van der Waals surface area contributed by atoms with E-state index in [9.17, 15) is 5.11 Å². The summed E-state index contributed by atoms with van der Waals surface area (Å²) in [6.07, 6.45) is 1.24. The van der Waals surface area contributed by atoms with E-state index in [0.717, 1.165) is 16.5 Å². The molecule has 0 spiro atoms. The maximum atomic E-state index is 10.3. The van der Waals surface area contributed by atoms with Crippen molar-refractivity contribution in [2.45, 2.75) is 39.8 Å². The minimum Gasteiger partial charge on any atom is -0.387 e. The van der Waals surface area contributed by atoms with Gasteiger partial charge in [0.2, 0.25) is 0 Å². The van der Waals surface area contributed by atoms with Gasteiger partial charge in [0.05, 0.1) is 17.8 Å². The minimum absolute atomic E-state index is 0.182. The molecule has 1 aromatic carbocycles. The van der Waals surface area contributed by atoms with Gasteiger partial charge in [0.1, 0.15) is 0 Å². The Labute approximate surface area is 114 Å². The lowest BCUT2D eigenvalue weighted by Crippen LogP contribution is -2.39. The van der Waals surface area contributed by atoms with Gasteiger partial charge >= 0.3 is 0 Å². The van der Waals surface area contributed by atoms with E-state index in [1.165, 1.54) is 0 Å². The first kappa shape index (κ1) is 14.0. The van der Waals surface area contributed by atoms with Gasteiger partial charge in [0.25, 0.3) is 0 Å². The van der Waals surface area contributed by atoms with Crippen molar-refractivity contribution in [1.82, 2.24) is 15.5 Å². The SMILES string of the molecule is C[C@H](NC[C@H](O)c1cccc2[nH]ncc12)C(C)(C)C. The maximum absolute atomic E-state index is 10.3. The second-order valence-electron chi connectivity index (χ2n) is 6.19. The van der Waals surface area contributed by atoms with Crippen LogP contribution >= 0.6 is 0 Å². The number of hydrogen-bond donors (Lipinski definition) is 3. The van der Waals surface area contributed by atoms with E-state index in [0.29, 0.717) is 12.6 Å². The zero-order valence-corrected chi connectivity index (χ0v) is 12.1. The van der Waals surface area contributed by atoms with Crippen molar-refractivity contribution in [1.29, 1.82) is 0 Å². The molecule has 0 aliphatic rings. The van der Waals surface area contributed by atoms with Gasteiger partial charge < -0.3 is 10.4 Å². The monoisotopic (exact) mass is 261 g/mol. The number of aromatic nitrogens is 2. The molecule has 0 unspecified atom stereocenters. The average molecular weight is 261 g/mol. The van der Waals surface area contributed by atoms with Crippen LogP contribution in [0.5, 0.6) is 0 Å². The van der Waals surface area contributed by atoms with Crippen molar-refractivity contribution >= 4 is 10.9 Å². The van der Waals surface area contributed by atoms with Crippen LogP contribution in [0.15, 0.2) is 24.4 Å². The maximum Gasteiger partial charge on any atom is 0.0921 e. The highest BCUT2D eigenvalue weighted by atomic mass is 16.3.